The topological polar surface area (TPSA) is 17.8 Å². The van der Waals surface area contributed by atoms with Crippen LogP contribution in [0.2, 0.25) is 0 Å². The van der Waals surface area contributed by atoms with Crippen molar-refractivity contribution in [2.75, 3.05) is 5.88 Å². The minimum Gasteiger partial charge on any atom is -0.272 e. The first-order valence-electron chi connectivity index (χ1n) is 6.12. The van der Waals surface area contributed by atoms with Gasteiger partial charge in [0.15, 0.2) is 0 Å². The first-order valence-corrected chi connectivity index (χ1v) is 6.66. The van der Waals surface area contributed by atoms with E-state index < -0.39 is 0 Å². The lowest BCUT2D eigenvalue weighted by atomic mass is 9.83. The molecule has 0 spiro atoms. The van der Waals surface area contributed by atoms with E-state index >= 15 is 0 Å². The van der Waals surface area contributed by atoms with Crippen molar-refractivity contribution in [3.05, 3.63) is 17.5 Å². The smallest absolute Gasteiger partial charge is 0.0624 e. The summed E-state index contributed by atoms with van der Waals surface area (Å²) in [6.07, 6.45) is 4.37. The molecule has 0 aliphatic heterocycles. The van der Waals surface area contributed by atoms with Gasteiger partial charge in [0.1, 0.15) is 0 Å². The Bertz CT molecular complexity index is 333. The van der Waals surface area contributed by atoms with Gasteiger partial charge < -0.3 is 0 Å². The van der Waals surface area contributed by atoms with E-state index in [0.717, 1.165) is 12.8 Å². The maximum atomic E-state index is 6.10. The van der Waals surface area contributed by atoms with Crippen molar-refractivity contribution in [2.45, 2.75) is 46.5 Å². The van der Waals surface area contributed by atoms with Crippen LogP contribution in [-0.2, 0) is 19.9 Å². The molecular formula is C13H23ClN2. The molecule has 0 N–H and O–H groups in total. The maximum absolute atomic E-state index is 6.10. The number of hydrogen-bond donors (Lipinski definition) is 0. The Balaban J connectivity index is 2.80. The second-order valence-electron chi connectivity index (χ2n) is 4.98. The quantitative estimate of drug-likeness (QED) is 0.698. The molecule has 0 radical (unpaired) electrons. The van der Waals surface area contributed by atoms with Crippen LogP contribution < -0.4 is 0 Å². The zero-order valence-corrected chi connectivity index (χ0v) is 11.6. The lowest BCUT2D eigenvalue weighted by Crippen LogP contribution is -2.23. The van der Waals surface area contributed by atoms with Gasteiger partial charge >= 0.3 is 0 Å². The van der Waals surface area contributed by atoms with Gasteiger partial charge in [0.05, 0.1) is 5.69 Å². The zero-order chi connectivity index (χ0) is 12.2. The standard InChI is InChI=1S/C13H23ClN2/c1-5-7-13(3,10-14)9-12-8-11(6-2)15-16(12)4/h8H,5-7,9-10H2,1-4H3. The van der Waals surface area contributed by atoms with Crippen molar-refractivity contribution in [2.24, 2.45) is 12.5 Å². The number of rotatable bonds is 6. The summed E-state index contributed by atoms with van der Waals surface area (Å²) in [4.78, 5) is 0. The fraction of sp³-hybridized carbons (Fsp3) is 0.769. The van der Waals surface area contributed by atoms with Gasteiger partial charge in [-0.1, -0.05) is 27.2 Å². The average molecular weight is 243 g/mol. The van der Waals surface area contributed by atoms with E-state index in [1.807, 2.05) is 11.7 Å². The van der Waals surface area contributed by atoms with Gasteiger partial charge in [-0.05, 0) is 30.7 Å². The fourth-order valence-corrected chi connectivity index (χ4v) is 2.38. The fourth-order valence-electron chi connectivity index (χ4n) is 2.15. The van der Waals surface area contributed by atoms with Gasteiger partial charge in [0.25, 0.3) is 0 Å². The summed E-state index contributed by atoms with van der Waals surface area (Å²) >= 11 is 6.10. The number of nitrogens with zero attached hydrogens (tertiary/aromatic N) is 2. The van der Waals surface area contributed by atoms with Crippen molar-refractivity contribution in [3.8, 4) is 0 Å². The lowest BCUT2D eigenvalue weighted by Gasteiger charge is -2.26. The number of alkyl halides is 1. The SMILES string of the molecule is CCCC(C)(CCl)Cc1cc(CC)nn1C. The van der Waals surface area contributed by atoms with Crippen LogP contribution in [0.1, 0.15) is 45.0 Å². The Hall–Kier alpha value is -0.500. The van der Waals surface area contributed by atoms with Crippen LogP contribution in [0.15, 0.2) is 6.07 Å². The molecule has 0 saturated carbocycles. The molecule has 1 aromatic heterocycles. The van der Waals surface area contributed by atoms with E-state index in [-0.39, 0.29) is 5.41 Å². The lowest BCUT2D eigenvalue weighted by molar-refractivity contribution is 0.326. The minimum atomic E-state index is 0.203. The minimum absolute atomic E-state index is 0.203. The molecule has 1 rings (SSSR count). The molecule has 0 amide bonds. The Kier molecular flexibility index (Phi) is 4.85. The van der Waals surface area contributed by atoms with E-state index in [1.165, 1.54) is 24.2 Å². The highest BCUT2D eigenvalue weighted by Crippen LogP contribution is 2.29. The van der Waals surface area contributed by atoms with Gasteiger partial charge in [-0.25, -0.2) is 0 Å². The van der Waals surface area contributed by atoms with Gasteiger partial charge in [-0.3, -0.25) is 4.68 Å². The van der Waals surface area contributed by atoms with E-state index in [9.17, 15) is 0 Å². The normalized spacial score (nSPS) is 15.1. The summed E-state index contributed by atoms with van der Waals surface area (Å²) in [5, 5.41) is 4.48. The van der Waals surface area contributed by atoms with E-state index in [4.69, 9.17) is 11.6 Å². The summed E-state index contributed by atoms with van der Waals surface area (Å²) < 4.78 is 2.00. The van der Waals surface area contributed by atoms with Crippen molar-refractivity contribution < 1.29 is 0 Å². The molecule has 0 fully saturated rings. The zero-order valence-electron chi connectivity index (χ0n) is 10.9. The van der Waals surface area contributed by atoms with E-state index in [1.54, 1.807) is 0 Å². The summed E-state index contributed by atoms with van der Waals surface area (Å²) in [5.74, 6) is 0.716. The molecule has 1 unspecified atom stereocenters. The third-order valence-corrected chi connectivity index (χ3v) is 3.82. The Morgan fingerprint density at radius 3 is 2.56 bits per heavy atom. The molecule has 1 atom stereocenters. The van der Waals surface area contributed by atoms with Crippen LogP contribution in [0.4, 0.5) is 0 Å². The van der Waals surface area contributed by atoms with Crippen molar-refractivity contribution in [1.82, 2.24) is 9.78 Å². The monoisotopic (exact) mass is 242 g/mol. The molecule has 1 heterocycles. The van der Waals surface area contributed by atoms with Crippen LogP contribution in [-0.4, -0.2) is 15.7 Å². The summed E-state index contributed by atoms with van der Waals surface area (Å²) in [7, 11) is 2.02. The maximum Gasteiger partial charge on any atom is 0.0624 e. The van der Waals surface area contributed by atoms with Crippen LogP contribution in [0, 0.1) is 5.41 Å². The highest BCUT2D eigenvalue weighted by Gasteiger charge is 2.24. The molecule has 1 aromatic rings. The highest BCUT2D eigenvalue weighted by molar-refractivity contribution is 6.18. The molecule has 2 nitrogen and oxygen atoms in total. The van der Waals surface area contributed by atoms with Crippen molar-refractivity contribution in [3.63, 3.8) is 0 Å². The Morgan fingerprint density at radius 1 is 1.44 bits per heavy atom. The molecule has 0 aliphatic carbocycles. The molecule has 0 saturated heterocycles. The summed E-state index contributed by atoms with van der Waals surface area (Å²) in [6.45, 7) is 6.62. The Morgan fingerprint density at radius 2 is 2.12 bits per heavy atom. The molecule has 92 valence electrons. The Labute approximate surface area is 104 Å². The van der Waals surface area contributed by atoms with Gasteiger partial charge in [-0.2, -0.15) is 5.10 Å². The third kappa shape index (κ3) is 3.24. The molecule has 0 aromatic carbocycles. The van der Waals surface area contributed by atoms with Gasteiger partial charge in [0.2, 0.25) is 0 Å². The van der Waals surface area contributed by atoms with E-state index in [0.29, 0.717) is 5.88 Å². The molecular weight excluding hydrogens is 220 g/mol. The molecule has 0 bridgehead atoms. The summed E-state index contributed by atoms with van der Waals surface area (Å²) in [6, 6.07) is 2.21. The van der Waals surface area contributed by atoms with Crippen LogP contribution in [0.3, 0.4) is 0 Å². The summed E-state index contributed by atoms with van der Waals surface area (Å²) in [5.41, 5.74) is 2.68. The number of aromatic nitrogens is 2. The first kappa shape index (κ1) is 13.6. The highest BCUT2D eigenvalue weighted by atomic mass is 35.5. The van der Waals surface area contributed by atoms with Crippen molar-refractivity contribution in [1.29, 1.82) is 0 Å². The number of aryl methyl sites for hydroxylation is 2. The number of hydrogen-bond acceptors (Lipinski definition) is 1. The van der Waals surface area contributed by atoms with Gasteiger partial charge in [0, 0.05) is 18.6 Å². The first-order chi connectivity index (χ1) is 7.54. The second-order valence-corrected chi connectivity index (χ2v) is 5.24. The van der Waals surface area contributed by atoms with Crippen molar-refractivity contribution >= 4 is 11.6 Å². The van der Waals surface area contributed by atoms with E-state index in [2.05, 4.69) is 31.9 Å². The molecule has 0 aliphatic rings. The molecule has 16 heavy (non-hydrogen) atoms. The van der Waals surface area contributed by atoms with Crippen LogP contribution in [0.25, 0.3) is 0 Å². The van der Waals surface area contributed by atoms with Crippen LogP contribution in [0.5, 0.6) is 0 Å². The number of halogens is 1. The predicted octanol–water partition coefficient (Wildman–Crippen LogP) is 3.57. The predicted molar refractivity (Wildman–Crippen MR) is 70.0 cm³/mol. The third-order valence-electron chi connectivity index (χ3n) is 3.17. The van der Waals surface area contributed by atoms with Crippen LogP contribution >= 0.6 is 11.6 Å². The molecule has 3 heteroatoms. The van der Waals surface area contributed by atoms with Gasteiger partial charge in [-0.15, -0.1) is 11.6 Å². The second kappa shape index (κ2) is 5.72. The average Bonchev–Trinajstić information content (AvgIpc) is 2.60. The largest absolute Gasteiger partial charge is 0.272 e.